The third kappa shape index (κ3) is 1.83. The molecule has 0 spiro atoms. The molecule has 0 fully saturated rings. The first-order chi connectivity index (χ1) is 7.99. The average Bonchev–Trinajstić information content (AvgIpc) is 2.82. The number of aromatic amines is 2. The van der Waals surface area contributed by atoms with Gasteiger partial charge in [-0.2, -0.15) is 0 Å². The first-order valence-corrected chi connectivity index (χ1v) is 4.63. The zero-order chi connectivity index (χ0) is 12.6. The Morgan fingerprint density at radius 3 is 2.41 bits per heavy atom. The minimum absolute atomic E-state index is 0.00252. The number of rotatable bonds is 3. The van der Waals surface area contributed by atoms with Crippen LogP contribution in [-0.2, 0) is 0 Å². The van der Waals surface area contributed by atoms with Crippen molar-refractivity contribution < 1.29 is 9.59 Å². The molecular formula is C9H10N6O2. The summed E-state index contributed by atoms with van der Waals surface area (Å²) >= 11 is 0. The van der Waals surface area contributed by atoms with Crippen LogP contribution in [0.5, 0.6) is 0 Å². The second-order valence-corrected chi connectivity index (χ2v) is 3.38. The van der Waals surface area contributed by atoms with E-state index in [4.69, 9.17) is 17.2 Å². The number of nitrogens with zero attached hydrogens (tertiary/aromatic N) is 1. The number of carbonyl (C=O) groups excluding carboxylic acids is 2. The van der Waals surface area contributed by atoms with Crippen molar-refractivity contribution in [1.82, 2.24) is 15.0 Å². The lowest BCUT2D eigenvalue weighted by molar-refractivity contribution is 0.0990. The molecule has 0 bridgehead atoms. The van der Waals surface area contributed by atoms with Gasteiger partial charge < -0.3 is 27.2 Å². The number of imidazole rings is 1. The number of nitrogens with two attached hydrogens (primary N) is 3. The fourth-order valence-corrected chi connectivity index (χ4v) is 1.38. The number of anilines is 1. The molecule has 8 nitrogen and oxygen atoms in total. The van der Waals surface area contributed by atoms with E-state index in [1.54, 1.807) is 0 Å². The van der Waals surface area contributed by atoms with Gasteiger partial charge in [-0.15, -0.1) is 0 Å². The number of amides is 2. The van der Waals surface area contributed by atoms with E-state index >= 15 is 0 Å². The van der Waals surface area contributed by atoms with E-state index < -0.39 is 11.8 Å². The van der Waals surface area contributed by atoms with Crippen molar-refractivity contribution in [3.63, 3.8) is 0 Å². The molecule has 17 heavy (non-hydrogen) atoms. The van der Waals surface area contributed by atoms with E-state index in [0.29, 0.717) is 17.1 Å². The number of nitrogen functional groups attached to an aromatic ring is 1. The molecule has 0 saturated carbocycles. The van der Waals surface area contributed by atoms with Crippen molar-refractivity contribution in [2.75, 3.05) is 5.73 Å². The summed E-state index contributed by atoms with van der Waals surface area (Å²) in [5.74, 6) is -0.961. The molecule has 88 valence electrons. The Morgan fingerprint density at radius 2 is 1.94 bits per heavy atom. The number of hydrogen-bond donors (Lipinski definition) is 5. The molecule has 0 aromatic carbocycles. The lowest BCUT2D eigenvalue weighted by atomic mass is 10.3. The molecule has 8 N–H and O–H groups in total. The van der Waals surface area contributed by atoms with Gasteiger partial charge in [-0.05, 0) is 6.07 Å². The van der Waals surface area contributed by atoms with Crippen LogP contribution in [0.2, 0.25) is 0 Å². The molecular weight excluding hydrogens is 224 g/mol. The highest BCUT2D eigenvalue weighted by Crippen LogP contribution is 2.19. The van der Waals surface area contributed by atoms with E-state index in [9.17, 15) is 9.59 Å². The second-order valence-electron chi connectivity index (χ2n) is 3.38. The highest BCUT2D eigenvalue weighted by Gasteiger charge is 2.15. The van der Waals surface area contributed by atoms with Gasteiger partial charge in [0.1, 0.15) is 5.69 Å². The summed E-state index contributed by atoms with van der Waals surface area (Å²) < 4.78 is 0. The maximum absolute atomic E-state index is 11.0. The summed E-state index contributed by atoms with van der Waals surface area (Å²) in [5, 5.41) is 0. The summed E-state index contributed by atoms with van der Waals surface area (Å²) in [4.78, 5) is 31.2. The molecule has 8 heteroatoms. The van der Waals surface area contributed by atoms with E-state index in [1.807, 2.05) is 0 Å². The van der Waals surface area contributed by atoms with Crippen molar-refractivity contribution in [3.8, 4) is 11.5 Å². The predicted molar refractivity (Wildman–Crippen MR) is 59.8 cm³/mol. The molecule has 2 aromatic heterocycles. The van der Waals surface area contributed by atoms with Gasteiger partial charge >= 0.3 is 0 Å². The molecule has 0 radical (unpaired) electrons. The number of primary amides is 2. The maximum atomic E-state index is 11.0. The summed E-state index contributed by atoms with van der Waals surface area (Å²) in [7, 11) is 0. The van der Waals surface area contributed by atoms with Gasteiger partial charge in [0, 0.05) is 6.20 Å². The van der Waals surface area contributed by atoms with Crippen molar-refractivity contribution >= 4 is 17.6 Å². The van der Waals surface area contributed by atoms with Crippen LogP contribution in [0.15, 0.2) is 12.3 Å². The summed E-state index contributed by atoms with van der Waals surface area (Å²) in [6.07, 6.45) is 1.43. The molecule has 2 aromatic rings. The van der Waals surface area contributed by atoms with Gasteiger partial charge in [-0.3, -0.25) is 9.59 Å². The lowest BCUT2D eigenvalue weighted by Gasteiger charge is -1.89. The van der Waals surface area contributed by atoms with Crippen LogP contribution in [0.25, 0.3) is 11.5 Å². The van der Waals surface area contributed by atoms with Gasteiger partial charge in [0.2, 0.25) is 5.91 Å². The lowest BCUT2D eigenvalue weighted by Crippen LogP contribution is -2.13. The molecule has 2 heterocycles. The number of H-pyrrole nitrogens is 2. The fourth-order valence-electron chi connectivity index (χ4n) is 1.38. The average molecular weight is 234 g/mol. The van der Waals surface area contributed by atoms with Crippen LogP contribution in [0.1, 0.15) is 20.8 Å². The quantitative estimate of drug-likeness (QED) is 0.470. The van der Waals surface area contributed by atoms with Crippen LogP contribution in [0.3, 0.4) is 0 Å². The van der Waals surface area contributed by atoms with Crippen LogP contribution in [0.4, 0.5) is 5.82 Å². The largest absolute Gasteiger partial charge is 0.382 e. The Morgan fingerprint density at radius 1 is 1.24 bits per heavy atom. The number of nitrogens with one attached hydrogen (secondary N) is 2. The molecule has 0 atom stereocenters. The molecule has 0 aliphatic heterocycles. The molecule has 2 amide bonds. The minimum Gasteiger partial charge on any atom is -0.382 e. The van der Waals surface area contributed by atoms with Gasteiger partial charge in [-0.25, -0.2) is 4.98 Å². The zero-order valence-electron chi connectivity index (χ0n) is 8.65. The van der Waals surface area contributed by atoms with E-state index in [2.05, 4.69) is 15.0 Å². The monoisotopic (exact) mass is 234 g/mol. The topological polar surface area (TPSA) is 157 Å². The fraction of sp³-hybridized carbons (Fsp3) is 0. The molecule has 0 aliphatic rings. The summed E-state index contributed by atoms with van der Waals surface area (Å²) in [6.45, 7) is 0. The Bertz CT molecular complexity index is 596. The Balaban J connectivity index is 2.42. The first kappa shape index (κ1) is 10.7. The molecule has 2 rings (SSSR count). The van der Waals surface area contributed by atoms with Crippen molar-refractivity contribution in [3.05, 3.63) is 23.5 Å². The Labute approximate surface area is 95.2 Å². The number of hydrogen-bond acceptors (Lipinski definition) is 4. The van der Waals surface area contributed by atoms with Crippen LogP contribution >= 0.6 is 0 Å². The molecule has 0 aliphatic carbocycles. The van der Waals surface area contributed by atoms with Crippen LogP contribution in [-0.4, -0.2) is 26.8 Å². The van der Waals surface area contributed by atoms with Crippen molar-refractivity contribution in [2.24, 2.45) is 11.5 Å². The van der Waals surface area contributed by atoms with Gasteiger partial charge in [0.15, 0.2) is 11.6 Å². The smallest absolute Gasteiger partial charge is 0.269 e. The highest BCUT2D eigenvalue weighted by molar-refractivity contribution is 5.96. The van der Waals surface area contributed by atoms with Gasteiger partial charge in [-0.1, -0.05) is 0 Å². The second kappa shape index (κ2) is 3.67. The van der Waals surface area contributed by atoms with Crippen molar-refractivity contribution in [1.29, 1.82) is 0 Å². The third-order valence-corrected chi connectivity index (χ3v) is 2.20. The van der Waals surface area contributed by atoms with Gasteiger partial charge in [0.05, 0.1) is 11.3 Å². The minimum atomic E-state index is -0.706. The standard InChI is InChI=1S/C9H10N6O2/c10-6-5(8(12)17)14-9(15-6)4-1-3(2-13-4)7(11)16/h1-2,13H,10H2,(H2,11,16)(H2,12,17)(H,14,15). The highest BCUT2D eigenvalue weighted by atomic mass is 16.1. The normalized spacial score (nSPS) is 10.4. The first-order valence-electron chi connectivity index (χ1n) is 4.63. The Hall–Kier alpha value is -2.77. The Kier molecular flexibility index (Phi) is 2.32. The SMILES string of the molecule is NC(=O)c1c[nH]c(-c2nc(N)c(C(N)=O)[nH]2)c1. The van der Waals surface area contributed by atoms with Crippen LogP contribution < -0.4 is 17.2 Å². The van der Waals surface area contributed by atoms with Gasteiger partial charge in [0.25, 0.3) is 5.91 Å². The van der Waals surface area contributed by atoms with Crippen LogP contribution in [0, 0.1) is 0 Å². The zero-order valence-corrected chi connectivity index (χ0v) is 8.65. The summed E-state index contributed by atoms with van der Waals surface area (Å²) in [6, 6.07) is 1.49. The summed E-state index contributed by atoms with van der Waals surface area (Å²) in [5.41, 5.74) is 16.5. The molecule has 0 unspecified atom stereocenters. The maximum Gasteiger partial charge on any atom is 0.269 e. The molecule has 0 saturated heterocycles. The number of carbonyl (C=O) groups is 2. The van der Waals surface area contributed by atoms with E-state index in [1.165, 1.54) is 12.3 Å². The number of aromatic nitrogens is 3. The third-order valence-electron chi connectivity index (χ3n) is 2.20. The predicted octanol–water partition coefficient (Wildman–Crippen LogP) is -0.815. The van der Waals surface area contributed by atoms with E-state index in [-0.39, 0.29) is 11.5 Å². The van der Waals surface area contributed by atoms with Crippen molar-refractivity contribution in [2.45, 2.75) is 0 Å². The van der Waals surface area contributed by atoms with E-state index in [0.717, 1.165) is 0 Å².